The zero-order valence-corrected chi connectivity index (χ0v) is 15.3. The molecule has 1 amide bonds. The van der Waals surface area contributed by atoms with Crippen LogP contribution in [0, 0.1) is 0 Å². The van der Waals surface area contributed by atoms with E-state index in [1.165, 1.54) is 11.3 Å². The molecule has 1 fully saturated rings. The Morgan fingerprint density at radius 2 is 2.12 bits per heavy atom. The molecule has 6 nitrogen and oxygen atoms in total. The van der Waals surface area contributed by atoms with Gasteiger partial charge < -0.3 is 15.5 Å². The average molecular weight is 353 g/mol. The smallest absolute Gasteiger partial charge is 0.248 e. The van der Waals surface area contributed by atoms with E-state index in [0.29, 0.717) is 6.54 Å². The number of rotatable bonds is 5. The molecular weight excluding hydrogens is 326 g/mol. The number of carbonyl (C=O) groups excluding carboxylic acids is 1. The van der Waals surface area contributed by atoms with Crippen LogP contribution in [0.5, 0.6) is 0 Å². The molecule has 2 N–H and O–H groups in total. The van der Waals surface area contributed by atoms with E-state index in [2.05, 4.69) is 51.8 Å². The minimum absolute atomic E-state index is 0.0852. The Morgan fingerprint density at radius 1 is 1.31 bits per heavy atom. The summed E-state index contributed by atoms with van der Waals surface area (Å²) in [5.41, 5.74) is 2.13. The fourth-order valence-corrected chi connectivity index (χ4v) is 4.26. The van der Waals surface area contributed by atoms with Gasteiger partial charge >= 0.3 is 0 Å². The molecule has 0 saturated carbocycles. The number of hydrogen-bond donors (Lipinski definition) is 2. The van der Waals surface area contributed by atoms with E-state index >= 15 is 0 Å². The van der Waals surface area contributed by atoms with Gasteiger partial charge in [-0.15, -0.1) is 0 Å². The third kappa shape index (κ3) is 2.98. The van der Waals surface area contributed by atoms with Gasteiger partial charge in [-0.05, 0) is 57.0 Å². The maximum Gasteiger partial charge on any atom is 0.248 e. The number of aromatic nitrogens is 2. The van der Waals surface area contributed by atoms with Gasteiger partial charge in [0.25, 0.3) is 0 Å². The zero-order chi connectivity index (χ0) is 18.0. The standard InChI is InChI=1S/C20H27N5O/c1-16(24-14-7-17-5-2-3-6-18(17)24)15-22-19(26)20(8-11-21-12-9-20)25-13-4-10-23-25/h2-6,10,13,16,21H,7-9,11-12,14-15H2,1H3,(H,22,26). The normalized spacial score (nSPS) is 19.8. The van der Waals surface area contributed by atoms with Crippen LogP contribution in [0.3, 0.4) is 0 Å². The summed E-state index contributed by atoms with van der Waals surface area (Å²) in [7, 11) is 0. The number of hydrogen-bond acceptors (Lipinski definition) is 4. The van der Waals surface area contributed by atoms with Gasteiger partial charge in [0.15, 0.2) is 0 Å². The first kappa shape index (κ1) is 17.1. The number of anilines is 1. The zero-order valence-electron chi connectivity index (χ0n) is 15.3. The first-order valence-electron chi connectivity index (χ1n) is 9.54. The quantitative estimate of drug-likeness (QED) is 0.856. The summed E-state index contributed by atoms with van der Waals surface area (Å²) in [6.45, 7) is 5.52. The highest BCUT2D eigenvalue weighted by Gasteiger charge is 2.42. The molecule has 2 aromatic rings. The molecule has 4 rings (SSSR count). The fraction of sp³-hybridized carbons (Fsp3) is 0.500. The largest absolute Gasteiger partial charge is 0.366 e. The summed E-state index contributed by atoms with van der Waals surface area (Å²) < 4.78 is 1.85. The van der Waals surface area contributed by atoms with Gasteiger partial charge in [-0.2, -0.15) is 5.10 Å². The van der Waals surface area contributed by atoms with Gasteiger partial charge in [-0.25, -0.2) is 0 Å². The van der Waals surface area contributed by atoms with Gasteiger partial charge in [0.2, 0.25) is 5.91 Å². The van der Waals surface area contributed by atoms with Gasteiger partial charge in [0.05, 0.1) is 0 Å². The third-order valence-corrected chi connectivity index (χ3v) is 5.81. The van der Waals surface area contributed by atoms with E-state index in [1.807, 2.05) is 16.9 Å². The van der Waals surface area contributed by atoms with Gasteiger partial charge in [-0.1, -0.05) is 18.2 Å². The number of nitrogens with one attached hydrogen (secondary N) is 2. The van der Waals surface area contributed by atoms with E-state index < -0.39 is 5.54 Å². The van der Waals surface area contributed by atoms with Crippen LogP contribution < -0.4 is 15.5 Å². The van der Waals surface area contributed by atoms with Crippen LogP contribution in [0.2, 0.25) is 0 Å². The molecule has 1 aromatic carbocycles. The van der Waals surface area contributed by atoms with Crippen LogP contribution in [0.15, 0.2) is 42.7 Å². The van der Waals surface area contributed by atoms with Crippen molar-refractivity contribution in [2.45, 2.75) is 37.8 Å². The molecule has 0 radical (unpaired) electrons. The highest BCUT2D eigenvalue weighted by molar-refractivity contribution is 5.84. The molecule has 138 valence electrons. The minimum Gasteiger partial charge on any atom is -0.366 e. The molecule has 1 aromatic heterocycles. The van der Waals surface area contributed by atoms with Crippen LogP contribution in [0.25, 0.3) is 0 Å². The number of fused-ring (bicyclic) bond motifs is 1. The van der Waals surface area contributed by atoms with Crippen LogP contribution in [0.4, 0.5) is 5.69 Å². The van der Waals surface area contributed by atoms with Crippen LogP contribution in [-0.2, 0) is 16.8 Å². The van der Waals surface area contributed by atoms with Gasteiger partial charge in [-0.3, -0.25) is 9.48 Å². The molecule has 0 spiro atoms. The van der Waals surface area contributed by atoms with Crippen molar-refractivity contribution in [3.63, 3.8) is 0 Å². The number of amides is 1. The number of piperidine rings is 1. The summed E-state index contributed by atoms with van der Waals surface area (Å²) in [6.07, 6.45) is 6.27. The van der Waals surface area contributed by atoms with Gasteiger partial charge in [0, 0.05) is 37.2 Å². The second-order valence-electron chi connectivity index (χ2n) is 7.36. The summed E-state index contributed by atoms with van der Waals surface area (Å²) in [5, 5.41) is 11.0. The van der Waals surface area contributed by atoms with Crippen LogP contribution in [-0.4, -0.2) is 47.9 Å². The van der Waals surface area contributed by atoms with Crippen molar-refractivity contribution >= 4 is 11.6 Å². The first-order valence-corrected chi connectivity index (χ1v) is 9.54. The highest BCUT2D eigenvalue weighted by Crippen LogP contribution is 2.30. The van der Waals surface area contributed by atoms with Crippen LogP contribution in [0.1, 0.15) is 25.3 Å². The topological polar surface area (TPSA) is 62.2 Å². The van der Waals surface area contributed by atoms with Crippen molar-refractivity contribution in [1.29, 1.82) is 0 Å². The molecule has 0 aliphatic carbocycles. The van der Waals surface area contributed by atoms with Crippen molar-refractivity contribution < 1.29 is 4.79 Å². The maximum absolute atomic E-state index is 13.2. The minimum atomic E-state index is -0.572. The van der Waals surface area contributed by atoms with Crippen molar-refractivity contribution in [3.05, 3.63) is 48.3 Å². The van der Waals surface area contributed by atoms with E-state index in [1.54, 1.807) is 6.20 Å². The van der Waals surface area contributed by atoms with Crippen molar-refractivity contribution in [1.82, 2.24) is 20.4 Å². The number of carbonyl (C=O) groups is 1. The van der Waals surface area contributed by atoms with Crippen molar-refractivity contribution in [3.8, 4) is 0 Å². The first-order chi connectivity index (χ1) is 12.7. The van der Waals surface area contributed by atoms with Crippen molar-refractivity contribution in [2.24, 2.45) is 0 Å². The molecule has 1 unspecified atom stereocenters. The lowest BCUT2D eigenvalue weighted by Gasteiger charge is -2.37. The number of benzene rings is 1. The lowest BCUT2D eigenvalue weighted by molar-refractivity contribution is -0.132. The van der Waals surface area contributed by atoms with Crippen molar-refractivity contribution in [2.75, 3.05) is 31.1 Å². The molecule has 26 heavy (non-hydrogen) atoms. The number of nitrogens with zero attached hydrogens (tertiary/aromatic N) is 3. The second kappa shape index (κ2) is 7.11. The number of para-hydroxylation sites is 1. The third-order valence-electron chi connectivity index (χ3n) is 5.81. The monoisotopic (exact) mass is 353 g/mol. The Hall–Kier alpha value is -2.34. The molecule has 2 aliphatic heterocycles. The second-order valence-corrected chi connectivity index (χ2v) is 7.36. The Labute approximate surface area is 154 Å². The van der Waals surface area contributed by atoms with E-state index in [9.17, 15) is 4.79 Å². The average Bonchev–Trinajstić information content (AvgIpc) is 3.36. The predicted octanol–water partition coefficient (Wildman–Crippen LogP) is 1.53. The highest BCUT2D eigenvalue weighted by atomic mass is 16.2. The van der Waals surface area contributed by atoms with E-state index in [-0.39, 0.29) is 11.9 Å². The molecule has 3 heterocycles. The van der Waals surface area contributed by atoms with Gasteiger partial charge in [0.1, 0.15) is 5.54 Å². The maximum atomic E-state index is 13.2. The summed E-state index contributed by atoms with van der Waals surface area (Å²) in [4.78, 5) is 15.6. The Kier molecular flexibility index (Phi) is 4.68. The Bertz CT molecular complexity index is 751. The Morgan fingerprint density at radius 3 is 2.88 bits per heavy atom. The lowest BCUT2D eigenvalue weighted by atomic mass is 9.87. The molecule has 1 saturated heterocycles. The SMILES string of the molecule is CC(CNC(=O)C1(n2cccn2)CCNCC1)N1CCc2ccccc21. The predicted molar refractivity (Wildman–Crippen MR) is 102 cm³/mol. The molecular formula is C20H27N5O. The van der Waals surface area contributed by atoms with E-state index in [4.69, 9.17) is 0 Å². The lowest BCUT2D eigenvalue weighted by Crippen LogP contribution is -2.56. The molecule has 0 bridgehead atoms. The van der Waals surface area contributed by atoms with Crippen LogP contribution >= 0.6 is 0 Å². The summed E-state index contributed by atoms with van der Waals surface area (Å²) >= 11 is 0. The molecule has 6 heteroatoms. The Balaban J connectivity index is 1.44. The summed E-state index contributed by atoms with van der Waals surface area (Å²) in [6, 6.07) is 10.7. The molecule has 2 aliphatic rings. The molecule has 1 atom stereocenters. The fourth-order valence-electron chi connectivity index (χ4n) is 4.26. The summed E-state index contributed by atoms with van der Waals surface area (Å²) in [5.74, 6) is 0.0852. The van der Waals surface area contributed by atoms with E-state index in [0.717, 1.165) is 38.9 Å².